The van der Waals surface area contributed by atoms with Gasteiger partial charge in [-0.05, 0) is 68.5 Å². The van der Waals surface area contributed by atoms with E-state index >= 15 is 0 Å². The summed E-state index contributed by atoms with van der Waals surface area (Å²) in [6.45, 7) is 7.14. The number of hydrogen-bond acceptors (Lipinski definition) is 4. The van der Waals surface area contributed by atoms with Gasteiger partial charge in [-0.25, -0.2) is 14.0 Å². The predicted molar refractivity (Wildman–Crippen MR) is 141 cm³/mol. The number of amides is 1. The molecule has 0 spiro atoms. The summed E-state index contributed by atoms with van der Waals surface area (Å²) in [4.78, 5) is 34.6. The molecule has 0 atom stereocenters. The van der Waals surface area contributed by atoms with E-state index in [9.17, 15) is 18.8 Å². The third-order valence-corrected chi connectivity index (χ3v) is 6.85. The van der Waals surface area contributed by atoms with Gasteiger partial charge in [0.2, 0.25) is 5.91 Å². The fourth-order valence-electron chi connectivity index (χ4n) is 4.51. The van der Waals surface area contributed by atoms with Crippen molar-refractivity contribution in [2.45, 2.75) is 51.5 Å². The van der Waals surface area contributed by atoms with E-state index in [0.717, 1.165) is 57.3 Å². The van der Waals surface area contributed by atoms with Crippen molar-refractivity contribution in [1.82, 2.24) is 10.2 Å². The fraction of sp³-hybridized carbons (Fsp3) is 0.414. The smallest absolute Gasteiger partial charge is 0.328 e. The number of likely N-dealkylation sites (tertiary alicyclic amines) is 1. The molecule has 1 fully saturated rings. The van der Waals surface area contributed by atoms with Gasteiger partial charge in [0.05, 0.1) is 5.54 Å². The van der Waals surface area contributed by atoms with Crippen LogP contribution in [0.2, 0.25) is 0 Å². The molecule has 0 bridgehead atoms. The molecular formula is C29H37FN2O5. The van der Waals surface area contributed by atoms with Crippen molar-refractivity contribution in [3.05, 3.63) is 83.7 Å². The van der Waals surface area contributed by atoms with Crippen LogP contribution in [0.3, 0.4) is 0 Å². The lowest BCUT2D eigenvalue weighted by molar-refractivity contribution is -0.134. The number of carbonyl (C=O) groups is 3. The molecule has 3 rings (SSSR count). The topological polar surface area (TPSA) is 107 Å². The summed E-state index contributed by atoms with van der Waals surface area (Å²) in [5.74, 6) is -2.56. The number of carboxylic acid groups (broad SMARTS) is 2. The first-order valence-corrected chi connectivity index (χ1v) is 12.7. The van der Waals surface area contributed by atoms with Crippen molar-refractivity contribution >= 4 is 17.8 Å². The number of benzene rings is 2. The van der Waals surface area contributed by atoms with Crippen LogP contribution in [0.4, 0.5) is 4.39 Å². The molecule has 1 amide bonds. The number of carbonyl (C=O) groups excluding carboxylic acids is 1. The maximum absolute atomic E-state index is 13.4. The van der Waals surface area contributed by atoms with E-state index in [0.29, 0.717) is 12.2 Å². The Hall–Kier alpha value is -3.52. The van der Waals surface area contributed by atoms with Gasteiger partial charge in [-0.3, -0.25) is 4.79 Å². The number of carboxylic acids is 2. The highest BCUT2D eigenvalue weighted by Crippen LogP contribution is 2.30. The van der Waals surface area contributed by atoms with E-state index in [4.69, 9.17) is 10.2 Å². The second kappa shape index (κ2) is 14.9. The summed E-state index contributed by atoms with van der Waals surface area (Å²) in [5.41, 5.74) is 1.93. The maximum Gasteiger partial charge on any atom is 0.328 e. The quantitative estimate of drug-likeness (QED) is 0.401. The molecule has 37 heavy (non-hydrogen) atoms. The van der Waals surface area contributed by atoms with Crippen molar-refractivity contribution in [2.75, 3.05) is 19.6 Å². The van der Waals surface area contributed by atoms with Crippen LogP contribution < -0.4 is 5.32 Å². The molecule has 0 saturated carbocycles. The summed E-state index contributed by atoms with van der Waals surface area (Å²) >= 11 is 0. The van der Waals surface area contributed by atoms with Crippen LogP contribution in [0.25, 0.3) is 0 Å². The first-order valence-electron chi connectivity index (χ1n) is 12.7. The Balaban J connectivity index is 0.000000521. The van der Waals surface area contributed by atoms with Crippen molar-refractivity contribution in [1.29, 1.82) is 0 Å². The molecule has 2 aromatic rings. The number of aliphatic carboxylic acids is 2. The highest BCUT2D eigenvalue weighted by Gasteiger charge is 2.34. The molecule has 200 valence electrons. The Morgan fingerprint density at radius 2 is 1.49 bits per heavy atom. The predicted octanol–water partition coefficient (Wildman–Crippen LogP) is 4.62. The molecule has 1 aliphatic rings. The Morgan fingerprint density at radius 1 is 0.946 bits per heavy atom. The minimum absolute atomic E-state index is 0.0564. The van der Waals surface area contributed by atoms with E-state index in [1.54, 1.807) is 12.1 Å². The highest BCUT2D eigenvalue weighted by atomic mass is 19.1. The van der Waals surface area contributed by atoms with Crippen molar-refractivity contribution in [3.63, 3.8) is 0 Å². The van der Waals surface area contributed by atoms with E-state index in [2.05, 4.69) is 48.3 Å². The van der Waals surface area contributed by atoms with Crippen LogP contribution in [0.1, 0.15) is 50.7 Å². The van der Waals surface area contributed by atoms with Crippen LogP contribution in [0, 0.1) is 11.7 Å². The largest absolute Gasteiger partial charge is 0.478 e. The maximum atomic E-state index is 13.4. The molecule has 0 radical (unpaired) electrons. The number of nitrogens with one attached hydrogen (secondary N) is 1. The summed E-state index contributed by atoms with van der Waals surface area (Å²) < 4.78 is 13.4. The molecule has 0 unspecified atom stereocenters. The van der Waals surface area contributed by atoms with Gasteiger partial charge >= 0.3 is 11.9 Å². The van der Waals surface area contributed by atoms with Crippen molar-refractivity contribution in [3.8, 4) is 0 Å². The molecule has 1 heterocycles. The number of piperidine rings is 1. The van der Waals surface area contributed by atoms with Crippen LogP contribution in [-0.2, 0) is 26.3 Å². The number of halogens is 1. The van der Waals surface area contributed by atoms with E-state index in [-0.39, 0.29) is 17.6 Å². The van der Waals surface area contributed by atoms with Crippen LogP contribution >= 0.6 is 0 Å². The Labute approximate surface area is 218 Å². The molecule has 1 aliphatic heterocycles. The van der Waals surface area contributed by atoms with Crippen molar-refractivity contribution < 1.29 is 29.0 Å². The summed E-state index contributed by atoms with van der Waals surface area (Å²) in [5, 5.41) is 19.0. The summed E-state index contributed by atoms with van der Waals surface area (Å²) in [6.07, 6.45) is 5.54. The third kappa shape index (κ3) is 9.80. The van der Waals surface area contributed by atoms with Gasteiger partial charge in [0.15, 0.2) is 0 Å². The SMILES string of the molecule is CCC(CC)(NC(=O)C1CCN(CCc2ccccc2)CC1)c1ccc(F)cc1.O=C(O)/C=C/C(=O)O. The zero-order chi connectivity index (χ0) is 27.3. The third-order valence-electron chi connectivity index (χ3n) is 6.85. The molecule has 0 aliphatic carbocycles. The second-order valence-electron chi connectivity index (χ2n) is 9.15. The lowest BCUT2D eigenvalue weighted by Gasteiger charge is -2.37. The van der Waals surface area contributed by atoms with Gasteiger partial charge in [-0.15, -0.1) is 0 Å². The lowest BCUT2D eigenvalue weighted by Crippen LogP contribution is -2.49. The lowest BCUT2D eigenvalue weighted by atomic mass is 9.83. The summed E-state index contributed by atoms with van der Waals surface area (Å²) in [7, 11) is 0. The van der Waals surface area contributed by atoms with Gasteiger partial charge in [-0.2, -0.15) is 0 Å². The second-order valence-corrected chi connectivity index (χ2v) is 9.15. The number of nitrogens with zero attached hydrogens (tertiary/aromatic N) is 1. The van der Waals surface area contributed by atoms with Gasteiger partial charge in [0.25, 0.3) is 0 Å². The van der Waals surface area contributed by atoms with Crippen LogP contribution in [0.5, 0.6) is 0 Å². The molecule has 3 N–H and O–H groups in total. The molecular weight excluding hydrogens is 475 g/mol. The monoisotopic (exact) mass is 512 g/mol. The van der Waals surface area contributed by atoms with Gasteiger partial charge in [0, 0.05) is 24.6 Å². The Kier molecular flexibility index (Phi) is 12.0. The highest BCUT2D eigenvalue weighted by molar-refractivity contribution is 5.89. The minimum Gasteiger partial charge on any atom is -0.478 e. The Bertz CT molecular complexity index is 1010. The average Bonchev–Trinajstić information content (AvgIpc) is 2.91. The van der Waals surface area contributed by atoms with Gasteiger partial charge in [0.1, 0.15) is 5.82 Å². The van der Waals surface area contributed by atoms with E-state index < -0.39 is 17.5 Å². The molecule has 2 aromatic carbocycles. The number of hydrogen-bond donors (Lipinski definition) is 3. The minimum atomic E-state index is -1.26. The van der Waals surface area contributed by atoms with Crippen LogP contribution in [-0.4, -0.2) is 52.6 Å². The first-order chi connectivity index (χ1) is 17.7. The molecule has 1 saturated heterocycles. The Morgan fingerprint density at radius 3 is 1.97 bits per heavy atom. The van der Waals surface area contributed by atoms with E-state index in [1.165, 1.54) is 17.7 Å². The molecule has 0 aromatic heterocycles. The van der Waals surface area contributed by atoms with Crippen molar-refractivity contribution in [2.24, 2.45) is 5.92 Å². The molecule has 8 heteroatoms. The standard InChI is InChI=1S/C25H33FN2O.C4H4O4/c1-3-25(4-2,22-10-12-23(26)13-11-22)27-24(29)21-15-18-28(19-16-21)17-14-20-8-6-5-7-9-20;5-3(6)1-2-4(7)8/h5-13,21H,3-4,14-19H2,1-2H3,(H,27,29);1-2H,(H,5,6)(H,7,8)/b;2-1+. The van der Waals surface area contributed by atoms with Gasteiger partial charge in [-0.1, -0.05) is 56.3 Å². The first kappa shape index (κ1) is 29.7. The zero-order valence-electron chi connectivity index (χ0n) is 21.5. The van der Waals surface area contributed by atoms with Crippen LogP contribution in [0.15, 0.2) is 66.7 Å². The van der Waals surface area contributed by atoms with Gasteiger partial charge < -0.3 is 20.4 Å². The summed E-state index contributed by atoms with van der Waals surface area (Å²) in [6, 6.07) is 17.1. The van der Waals surface area contributed by atoms with E-state index in [1.807, 2.05) is 6.07 Å². The number of rotatable bonds is 10. The molecule has 7 nitrogen and oxygen atoms in total. The average molecular weight is 513 g/mol. The zero-order valence-corrected chi connectivity index (χ0v) is 21.5. The fourth-order valence-corrected chi connectivity index (χ4v) is 4.51. The normalized spacial score (nSPS) is 14.6.